The molecule has 0 aliphatic carbocycles. The Labute approximate surface area is 123 Å². The van der Waals surface area contributed by atoms with Crippen LogP contribution in [-0.4, -0.2) is 19.1 Å². The van der Waals surface area contributed by atoms with E-state index in [1.807, 2.05) is 30.3 Å². The van der Waals surface area contributed by atoms with Crippen LogP contribution < -0.4 is 9.64 Å². The zero-order valence-corrected chi connectivity index (χ0v) is 12.2. The second kappa shape index (κ2) is 6.44. The summed E-state index contributed by atoms with van der Waals surface area (Å²) in [6.07, 6.45) is -0.557. The number of carbonyl (C=O) groups is 1. The number of nitrogens with zero attached hydrogens (tertiary/aromatic N) is 1. The molecule has 0 spiro atoms. The quantitative estimate of drug-likeness (QED) is 0.857. The van der Waals surface area contributed by atoms with Gasteiger partial charge in [-0.25, -0.2) is 0 Å². The van der Waals surface area contributed by atoms with E-state index in [-0.39, 0.29) is 5.91 Å². The van der Waals surface area contributed by atoms with Crippen LogP contribution >= 0.6 is 11.6 Å². The second-order valence-corrected chi connectivity index (χ2v) is 4.88. The van der Waals surface area contributed by atoms with Gasteiger partial charge in [0.2, 0.25) is 0 Å². The second-order valence-electron chi connectivity index (χ2n) is 4.45. The van der Waals surface area contributed by atoms with Gasteiger partial charge in [0, 0.05) is 17.8 Å². The molecule has 2 rings (SSSR count). The van der Waals surface area contributed by atoms with Crippen LogP contribution in [0.5, 0.6) is 5.75 Å². The van der Waals surface area contributed by atoms with E-state index < -0.39 is 6.10 Å². The molecule has 4 heteroatoms. The molecule has 0 aromatic heterocycles. The minimum atomic E-state index is -0.557. The monoisotopic (exact) mass is 289 g/mol. The molecular formula is C16H16ClNO2. The van der Waals surface area contributed by atoms with E-state index in [9.17, 15) is 4.79 Å². The molecule has 0 radical (unpaired) electrons. The summed E-state index contributed by atoms with van der Waals surface area (Å²) in [7, 11) is 1.72. The van der Waals surface area contributed by atoms with E-state index in [1.54, 1.807) is 43.1 Å². The third-order valence-electron chi connectivity index (χ3n) is 2.95. The lowest BCUT2D eigenvalue weighted by Gasteiger charge is -2.22. The molecule has 0 aliphatic heterocycles. The van der Waals surface area contributed by atoms with Crippen LogP contribution in [0.1, 0.15) is 6.92 Å². The van der Waals surface area contributed by atoms with E-state index in [1.165, 1.54) is 0 Å². The molecule has 2 aromatic rings. The molecule has 1 amide bonds. The highest BCUT2D eigenvalue weighted by atomic mass is 35.5. The molecule has 0 saturated carbocycles. The highest BCUT2D eigenvalue weighted by Gasteiger charge is 2.20. The number of carbonyl (C=O) groups excluding carboxylic acids is 1. The van der Waals surface area contributed by atoms with Gasteiger partial charge in [0.25, 0.3) is 5.91 Å². The van der Waals surface area contributed by atoms with Crippen LogP contribution in [0.3, 0.4) is 0 Å². The maximum Gasteiger partial charge on any atom is 0.267 e. The average molecular weight is 290 g/mol. The Balaban J connectivity index is 2.04. The summed E-state index contributed by atoms with van der Waals surface area (Å²) in [4.78, 5) is 13.9. The van der Waals surface area contributed by atoms with E-state index in [0.29, 0.717) is 10.8 Å². The van der Waals surface area contributed by atoms with Crippen LogP contribution in [0.25, 0.3) is 0 Å². The average Bonchev–Trinajstić information content (AvgIpc) is 2.47. The van der Waals surface area contributed by atoms with Gasteiger partial charge >= 0.3 is 0 Å². The van der Waals surface area contributed by atoms with Gasteiger partial charge in [0.05, 0.1) is 0 Å². The zero-order valence-electron chi connectivity index (χ0n) is 11.4. The van der Waals surface area contributed by atoms with Crippen LogP contribution in [0.4, 0.5) is 5.69 Å². The van der Waals surface area contributed by atoms with Gasteiger partial charge in [-0.2, -0.15) is 0 Å². The lowest BCUT2D eigenvalue weighted by atomic mass is 10.2. The normalized spacial score (nSPS) is 11.8. The summed E-state index contributed by atoms with van der Waals surface area (Å²) in [6, 6.07) is 16.4. The van der Waals surface area contributed by atoms with Crippen molar-refractivity contribution in [2.45, 2.75) is 13.0 Å². The summed E-state index contributed by atoms with van der Waals surface area (Å²) < 4.78 is 5.63. The van der Waals surface area contributed by atoms with Crippen LogP contribution in [0.15, 0.2) is 54.6 Å². The SMILES string of the molecule is CC(Oc1ccccc1)C(=O)N(C)c1ccc(Cl)cc1. The third-order valence-corrected chi connectivity index (χ3v) is 3.20. The predicted molar refractivity (Wildman–Crippen MR) is 81.4 cm³/mol. The number of benzene rings is 2. The fourth-order valence-corrected chi connectivity index (χ4v) is 1.94. The van der Waals surface area contributed by atoms with E-state index >= 15 is 0 Å². The molecular weight excluding hydrogens is 274 g/mol. The molecule has 1 atom stereocenters. The molecule has 104 valence electrons. The minimum Gasteiger partial charge on any atom is -0.481 e. The van der Waals surface area contributed by atoms with Gasteiger partial charge in [0.1, 0.15) is 5.75 Å². The lowest BCUT2D eigenvalue weighted by molar-refractivity contribution is -0.124. The van der Waals surface area contributed by atoms with Crippen LogP contribution in [-0.2, 0) is 4.79 Å². The molecule has 0 fully saturated rings. The van der Waals surface area contributed by atoms with Gasteiger partial charge in [0.15, 0.2) is 6.10 Å². The number of hydrogen-bond donors (Lipinski definition) is 0. The number of ether oxygens (including phenoxy) is 1. The van der Waals surface area contributed by atoms with Gasteiger partial charge < -0.3 is 9.64 Å². The van der Waals surface area contributed by atoms with Crippen LogP contribution in [0, 0.1) is 0 Å². The summed E-state index contributed by atoms with van der Waals surface area (Å²) in [5.74, 6) is 0.564. The molecule has 0 N–H and O–H groups in total. The number of para-hydroxylation sites is 1. The van der Waals surface area contributed by atoms with Crippen molar-refractivity contribution in [2.24, 2.45) is 0 Å². The van der Waals surface area contributed by atoms with Crippen molar-refractivity contribution in [3.05, 3.63) is 59.6 Å². The summed E-state index contributed by atoms with van der Waals surface area (Å²) in [6.45, 7) is 1.74. The molecule has 2 aromatic carbocycles. The molecule has 0 saturated heterocycles. The Hall–Kier alpha value is -2.00. The van der Waals surface area contributed by atoms with Gasteiger partial charge in [-0.1, -0.05) is 29.8 Å². The summed E-state index contributed by atoms with van der Waals surface area (Å²) >= 11 is 5.84. The smallest absolute Gasteiger partial charge is 0.267 e. The van der Waals surface area contributed by atoms with Crippen molar-refractivity contribution in [3.63, 3.8) is 0 Å². The van der Waals surface area contributed by atoms with Crippen molar-refractivity contribution < 1.29 is 9.53 Å². The Morgan fingerprint density at radius 1 is 1.10 bits per heavy atom. The number of halogens is 1. The fourth-order valence-electron chi connectivity index (χ4n) is 1.82. The Kier molecular flexibility index (Phi) is 4.64. The zero-order chi connectivity index (χ0) is 14.5. The van der Waals surface area contributed by atoms with Gasteiger partial charge in [-0.3, -0.25) is 4.79 Å². The van der Waals surface area contributed by atoms with Gasteiger partial charge in [-0.15, -0.1) is 0 Å². The first-order valence-corrected chi connectivity index (χ1v) is 6.70. The van der Waals surface area contributed by atoms with Crippen molar-refractivity contribution in [3.8, 4) is 5.75 Å². The predicted octanol–water partition coefficient (Wildman–Crippen LogP) is 3.77. The first-order chi connectivity index (χ1) is 9.58. The number of amides is 1. The van der Waals surface area contributed by atoms with Crippen molar-refractivity contribution in [2.75, 3.05) is 11.9 Å². The lowest BCUT2D eigenvalue weighted by Crippen LogP contribution is -2.37. The highest BCUT2D eigenvalue weighted by Crippen LogP contribution is 2.19. The van der Waals surface area contributed by atoms with Crippen molar-refractivity contribution >= 4 is 23.2 Å². The maximum absolute atomic E-state index is 12.3. The Morgan fingerprint density at radius 2 is 1.70 bits per heavy atom. The molecule has 3 nitrogen and oxygen atoms in total. The molecule has 0 aliphatic rings. The first kappa shape index (κ1) is 14.4. The molecule has 20 heavy (non-hydrogen) atoms. The number of hydrogen-bond acceptors (Lipinski definition) is 2. The molecule has 1 unspecified atom stereocenters. The minimum absolute atomic E-state index is 0.115. The number of anilines is 1. The topological polar surface area (TPSA) is 29.5 Å². The summed E-state index contributed by atoms with van der Waals surface area (Å²) in [5.41, 5.74) is 0.780. The first-order valence-electron chi connectivity index (χ1n) is 6.33. The van der Waals surface area contributed by atoms with E-state index in [2.05, 4.69) is 0 Å². The molecule has 0 heterocycles. The van der Waals surface area contributed by atoms with E-state index in [4.69, 9.17) is 16.3 Å². The number of rotatable bonds is 4. The Morgan fingerprint density at radius 3 is 2.30 bits per heavy atom. The van der Waals surface area contributed by atoms with Gasteiger partial charge in [-0.05, 0) is 43.3 Å². The van der Waals surface area contributed by atoms with Crippen molar-refractivity contribution in [1.29, 1.82) is 0 Å². The summed E-state index contributed by atoms with van der Waals surface area (Å²) in [5, 5.41) is 0.642. The fraction of sp³-hybridized carbons (Fsp3) is 0.188. The third kappa shape index (κ3) is 3.52. The standard InChI is InChI=1S/C16H16ClNO2/c1-12(20-15-6-4-3-5-7-15)16(19)18(2)14-10-8-13(17)9-11-14/h3-12H,1-2H3. The van der Waals surface area contributed by atoms with Crippen LogP contribution in [0.2, 0.25) is 5.02 Å². The highest BCUT2D eigenvalue weighted by molar-refractivity contribution is 6.30. The molecule has 0 bridgehead atoms. The largest absolute Gasteiger partial charge is 0.481 e. The Bertz CT molecular complexity index is 569. The van der Waals surface area contributed by atoms with Crippen molar-refractivity contribution in [1.82, 2.24) is 0 Å². The maximum atomic E-state index is 12.3. The van der Waals surface area contributed by atoms with E-state index in [0.717, 1.165) is 5.69 Å². The number of likely N-dealkylation sites (N-methyl/N-ethyl adjacent to an activating group) is 1.